The molecule has 1 N–H and O–H groups in total. The number of methoxy groups -OCH3 is 2. The number of carbonyl (C=O) groups excluding carboxylic acids is 1. The van der Waals surface area contributed by atoms with Crippen molar-refractivity contribution < 1.29 is 19.1 Å². The van der Waals surface area contributed by atoms with Crippen molar-refractivity contribution in [3.05, 3.63) is 23.8 Å². The molecule has 0 unspecified atom stereocenters. The van der Waals surface area contributed by atoms with E-state index >= 15 is 0 Å². The Morgan fingerprint density at radius 1 is 1.25 bits per heavy atom. The van der Waals surface area contributed by atoms with Crippen LogP contribution in [0.15, 0.2) is 18.2 Å². The Hall–Kier alpha value is -1.75. The van der Waals surface area contributed by atoms with E-state index in [1.807, 2.05) is 12.1 Å². The molecule has 0 aliphatic heterocycles. The molecule has 0 bridgehead atoms. The fourth-order valence-electron chi connectivity index (χ4n) is 2.36. The van der Waals surface area contributed by atoms with Crippen LogP contribution in [-0.4, -0.2) is 26.2 Å². The van der Waals surface area contributed by atoms with Gasteiger partial charge in [0.2, 0.25) is 5.91 Å². The van der Waals surface area contributed by atoms with Crippen molar-refractivity contribution in [2.24, 2.45) is 0 Å². The van der Waals surface area contributed by atoms with Crippen LogP contribution in [0.1, 0.15) is 31.2 Å². The maximum absolute atomic E-state index is 11.9. The lowest BCUT2D eigenvalue weighted by molar-refractivity contribution is -0.137. The van der Waals surface area contributed by atoms with Gasteiger partial charge in [-0.1, -0.05) is 18.9 Å². The first kappa shape index (κ1) is 14.7. The molecule has 20 heavy (non-hydrogen) atoms. The highest BCUT2D eigenvalue weighted by Gasteiger charge is 2.17. The van der Waals surface area contributed by atoms with E-state index in [0.29, 0.717) is 11.5 Å². The van der Waals surface area contributed by atoms with Crippen molar-refractivity contribution in [3.63, 3.8) is 0 Å². The van der Waals surface area contributed by atoms with Gasteiger partial charge in [0.25, 0.3) is 0 Å². The van der Waals surface area contributed by atoms with Gasteiger partial charge in [-0.2, -0.15) is 0 Å². The van der Waals surface area contributed by atoms with Crippen molar-refractivity contribution in [3.8, 4) is 11.5 Å². The summed E-state index contributed by atoms with van der Waals surface area (Å²) >= 11 is 0. The lowest BCUT2D eigenvalue weighted by atomic mass is 10.1. The Bertz CT molecular complexity index is 455. The molecule has 2 rings (SSSR count). The first-order chi connectivity index (χ1) is 9.72. The Labute approximate surface area is 119 Å². The second-order valence-electron chi connectivity index (χ2n) is 4.90. The van der Waals surface area contributed by atoms with Crippen LogP contribution in [0.4, 0.5) is 0 Å². The molecular weight excluding hydrogens is 258 g/mol. The largest absolute Gasteiger partial charge is 0.497 e. The van der Waals surface area contributed by atoms with E-state index in [2.05, 4.69) is 5.48 Å². The van der Waals surface area contributed by atoms with Crippen LogP contribution in [-0.2, 0) is 16.1 Å². The van der Waals surface area contributed by atoms with Gasteiger partial charge in [0, 0.05) is 11.6 Å². The zero-order chi connectivity index (χ0) is 14.4. The van der Waals surface area contributed by atoms with Gasteiger partial charge in [-0.05, 0) is 18.9 Å². The van der Waals surface area contributed by atoms with Crippen LogP contribution < -0.4 is 15.0 Å². The number of hydroxylamine groups is 1. The second-order valence-corrected chi connectivity index (χ2v) is 4.90. The quantitative estimate of drug-likeness (QED) is 0.811. The average molecular weight is 279 g/mol. The molecular formula is C15H21NO4. The molecule has 0 heterocycles. The summed E-state index contributed by atoms with van der Waals surface area (Å²) in [6.07, 6.45) is 4.77. The number of rotatable bonds is 6. The summed E-state index contributed by atoms with van der Waals surface area (Å²) in [4.78, 5) is 17.3. The lowest BCUT2D eigenvalue weighted by Gasteiger charge is -2.13. The van der Waals surface area contributed by atoms with Crippen LogP contribution in [0.5, 0.6) is 11.5 Å². The minimum absolute atomic E-state index is 0.164. The summed E-state index contributed by atoms with van der Waals surface area (Å²) in [5, 5.41) is 0. The predicted molar refractivity (Wildman–Crippen MR) is 74.7 cm³/mol. The van der Waals surface area contributed by atoms with Crippen LogP contribution in [0.3, 0.4) is 0 Å². The van der Waals surface area contributed by atoms with Crippen molar-refractivity contribution in [1.29, 1.82) is 0 Å². The van der Waals surface area contributed by atoms with Gasteiger partial charge < -0.3 is 9.47 Å². The highest BCUT2D eigenvalue weighted by molar-refractivity contribution is 5.78. The van der Waals surface area contributed by atoms with Crippen molar-refractivity contribution >= 4 is 5.91 Å². The van der Waals surface area contributed by atoms with Crippen LogP contribution in [0.2, 0.25) is 0 Å². The van der Waals surface area contributed by atoms with E-state index in [1.54, 1.807) is 20.3 Å². The number of hydrogen-bond donors (Lipinski definition) is 1. The summed E-state index contributed by atoms with van der Waals surface area (Å²) in [7, 11) is 3.17. The van der Waals surface area contributed by atoms with Crippen molar-refractivity contribution in [2.45, 2.75) is 38.2 Å². The maximum atomic E-state index is 11.9. The molecule has 5 nitrogen and oxygen atoms in total. The predicted octanol–water partition coefficient (Wildman–Crippen LogP) is 2.24. The minimum atomic E-state index is -0.166. The first-order valence-electron chi connectivity index (χ1n) is 6.88. The van der Waals surface area contributed by atoms with Gasteiger partial charge in [-0.25, -0.2) is 5.48 Å². The number of hydrogen-bond acceptors (Lipinski definition) is 4. The molecule has 1 amide bonds. The Balaban J connectivity index is 1.89. The number of ether oxygens (including phenoxy) is 2. The summed E-state index contributed by atoms with van der Waals surface area (Å²) in [6, 6.07) is 5.40. The summed E-state index contributed by atoms with van der Waals surface area (Å²) < 4.78 is 10.4. The number of nitrogens with one attached hydrogen (secondary N) is 1. The second kappa shape index (κ2) is 7.14. The van der Waals surface area contributed by atoms with Crippen molar-refractivity contribution in [2.75, 3.05) is 14.2 Å². The van der Waals surface area contributed by atoms with E-state index in [0.717, 1.165) is 18.4 Å². The van der Waals surface area contributed by atoms with E-state index in [-0.39, 0.29) is 18.4 Å². The third-order valence-electron chi connectivity index (χ3n) is 3.49. The fraction of sp³-hybridized carbons (Fsp3) is 0.533. The summed E-state index contributed by atoms with van der Waals surface area (Å²) in [5.74, 6) is 1.17. The van der Waals surface area contributed by atoms with Gasteiger partial charge in [0.1, 0.15) is 11.5 Å². The molecule has 0 aromatic heterocycles. The number of amides is 1. The maximum Gasteiger partial charge on any atom is 0.248 e. The third kappa shape index (κ3) is 3.87. The molecule has 0 radical (unpaired) electrons. The van der Waals surface area contributed by atoms with E-state index in [4.69, 9.17) is 14.3 Å². The molecule has 1 aromatic carbocycles. The monoisotopic (exact) mass is 279 g/mol. The number of carbonyl (C=O) groups is 1. The van der Waals surface area contributed by atoms with Gasteiger partial charge in [-0.15, -0.1) is 0 Å². The lowest BCUT2D eigenvalue weighted by Crippen LogP contribution is -2.29. The molecule has 1 aromatic rings. The summed E-state index contributed by atoms with van der Waals surface area (Å²) in [6.45, 7) is 0. The molecule has 5 heteroatoms. The topological polar surface area (TPSA) is 56.8 Å². The molecule has 1 aliphatic carbocycles. The number of benzene rings is 1. The Morgan fingerprint density at radius 3 is 2.65 bits per heavy atom. The van der Waals surface area contributed by atoms with Crippen LogP contribution >= 0.6 is 0 Å². The third-order valence-corrected chi connectivity index (χ3v) is 3.49. The fourth-order valence-corrected chi connectivity index (χ4v) is 2.36. The van der Waals surface area contributed by atoms with E-state index < -0.39 is 0 Å². The van der Waals surface area contributed by atoms with E-state index in [9.17, 15) is 4.79 Å². The van der Waals surface area contributed by atoms with Crippen LogP contribution in [0.25, 0.3) is 0 Å². The van der Waals surface area contributed by atoms with Crippen molar-refractivity contribution in [1.82, 2.24) is 5.48 Å². The average Bonchev–Trinajstić information content (AvgIpc) is 2.99. The van der Waals surface area contributed by atoms with Gasteiger partial charge in [0.05, 0.1) is 26.7 Å². The van der Waals surface area contributed by atoms with Crippen LogP contribution in [0, 0.1) is 0 Å². The molecule has 0 saturated heterocycles. The Kier molecular flexibility index (Phi) is 5.24. The SMILES string of the molecule is COc1ccc(CC(=O)NOC2CCCC2)c(OC)c1. The Morgan fingerprint density at radius 2 is 2.00 bits per heavy atom. The normalized spacial score (nSPS) is 15.1. The van der Waals surface area contributed by atoms with E-state index in [1.165, 1.54) is 12.8 Å². The van der Waals surface area contributed by atoms with Gasteiger partial charge in [0.15, 0.2) is 0 Å². The molecule has 110 valence electrons. The molecule has 0 spiro atoms. The zero-order valence-electron chi connectivity index (χ0n) is 12.0. The molecule has 1 fully saturated rings. The minimum Gasteiger partial charge on any atom is -0.497 e. The van der Waals surface area contributed by atoms with Gasteiger partial charge in [-0.3, -0.25) is 9.63 Å². The molecule has 1 saturated carbocycles. The highest BCUT2D eigenvalue weighted by atomic mass is 16.7. The summed E-state index contributed by atoms with van der Waals surface area (Å²) in [5.41, 5.74) is 3.33. The first-order valence-corrected chi connectivity index (χ1v) is 6.88. The highest BCUT2D eigenvalue weighted by Crippen LogP contribution is 2.25. The smallest absolute Gasteiger partial charge is 0.248 e. The zero-order valence-corrected chi connectivity index (χ0v) is 12.0. The van der Waals surface area contributed by atoms with Gasteiger partial charge >= 0.3 is 0 Å². The molecule has 1 aliphatic rings. The molecule has 0 atom stereocenters. The standard InChI is InChI=1S/C15H21NO4/c1-18-13-8-7-11(14(10-13)19-2)9-15(17)16-20-12-5-3-4-6-12/h7-8,10,12H,3-6,9H2,1-2H3,(H,16,17).